The average molecular weight is 937 g/mol. The molecular weight excluding hydrogens is 849 g/mol. The number of fused-ring (bicyclic) bond motifs is 1. The summed E-state index contributed by atoms with van der Waals surface area (Å²) in [4.78, 5) is 7.16. The van der Waals surface area contributed by atoms with Crippen molar-refractivity contribution in [1.29, 1.82) is 0 Å². The molecule has 7 rings (SSSR count). The van der Waals surface area contributed by atoms with Gasteiger partial charge in [0.2, 0.25) is 0 Å². The van der Waals surface area contributed by atoms with E-state index in [2.05, 4.69) is 210 Å². The summed E-state index contributed by atoms with van der Waals surface area (Å²) in [5.41, 5.74) is 18.9. The first kappa shape index (κ1) is 57.9. The largest absolute Gasteiger partial charge is 0.379 e. The lowest BCUT2D eigenvalue weighted by atomic mass is 10.0. The Kier molecular flexibility index (Phi) is 26.2. The Morgan fingerprint density at radius 3 is 2.23 bits per heavy atom. The van der Waals surface area contributed by atoms with Crippen molar-refractivity contribution in [2.45, 2.75) is 154 Å². The van der Waals surface area contributed by atoms with Crippen LogP contribution in [-0.2, 0) is 19.3 Å². The zero-order chi connectivity index (χ0) is 51.4. The van der Waals surface area contributed by atoms with Crippen LogP contribution < -0.4 is 10.2 Å². The van der Waals surface area contributed by atoms with Crippen LogP contribution in [0.1, 0.15) is 146 Å². The van der Waals surface area contributed by atoms with Gasteiger partial charge in [-0.3, -0.25) is 0 Å². The van der Waals surface area contributed by atoms with Crippen molar-refractivity contribution in [2.24, 2.45) is 0 Å². The van der Waals surface area contributed by atoms with E-state index < -0.39 is 0 Å². The molecule has 0 amide bonds. The van der Waals surface area contributed by atoms with E-state index in [1.54, 1.807) is 0 Å². The Morgan fingerprint density at radius 1 is 0.771 bits per heavy atom. The van der Waals surface area contributed by atoms with E-state index >= 15 is 0 Å². The van der Waals surface area contributed by atoms with Crippen molar-refractivity contribution < 1.29 is 0 Å². The summed E-state index contributed by atoms with van der Waals surface area (Å²) in [5.74, 6) is 1.15. The van der Waals surface area contributed by atoms with Gasteiger partial charge in [0.25, 0.3) is 0 Å². The number of nitrogens with zero attached hydrogens (tertiary/aromatic N) is 3. The molecule has 1 atom stereocenters. The fourth-order valence-electron chi connectivity index (χ4n) is 8.69. The van der Waals surface area contributed by atoms with Crippen LogP contribution >= 0.6 is 0 Å². The lowest BCUT2D eigenvalue weighted by molar-refractivity contribution is 0.800. The predicted molar refractivity (Wildman–Crippen MR) is 313 cm³/mol. The van der Waals surface area contributed by atoms with Crippen LogP contribution in [0.4, 0.5) is 17.1 Å². The van der Waals surface area contributed by atoms with Gasteiger partial charge >= 0.3 is 0 Å². The van der Waals surface area contributed by atoms with E-state index in [0.717, 1.165) is 86.1 Å². The highest BCUT2D eigenvalue weighted by atomic mass is 15.2. The van der Waals surface area contributed by atoms with E-state index in [1.807, 2.05) is 59.8 Å². The first-order valence-electron chi connectivity index (χ1n) is 26.3. The molecule has 1 aromatic heterocycles. The molecule has 1 N–H and O–H groups in total. The van der Waals surface area contributed by atoms with Gasteiger partial charge in [-0.25, -0.2) is 4.98 Å². The van der Waals surface area contributed by atoms with Gasteiger partial charge < -0.3 is 14.8 Å². The monoisotopic (exact) mass is 937 g/mol. The Labute approximate surface area is 426 Å². The number of anilines is 3. The van der Waals surface area contributed by atoms with E-state index in [9.17, 15) is 0 Å². The normalized spacial score (nSPS) is 14.8. The topological polar surface area (TPSA) is 33.1 Å². The quantitative estimate of drug-likeness (QED) is 0.101. The smallest absolute Gasteiger partial charge is 0.110 e. The number of aryl methyl sites for hydroxylation is 4. The average Bonchev–Trinajstić information content (AvgIpc) is 3.50. The fourth-order valence-corrected chi connectivity index (χ4v) is 8.69. The van der Waals surface area contributed by atoms with Crippen molar-refractivity contribution >= 4 is 28.3 Å². The number of rotatable bonds is 14. The third-order valence-electron chi connectivity index (χ3n) is 12.0. The van der Waals surface area contributed by atoms with E-state index in [-0.39, 0.29) is 6.04 Å². The molecule has 3 aliphatic carbocycles. The second-order valence-electron chi connectivity index (χ2n) is 17.5. The minimum Gasteiger partial charge on any atom is -0.379 e. The zero-order valence-corrected chi connectivity index (χ0v) is 45.6. The highest BCUT2D eigenvalue weighted by Gasteiger charge is 2.20. The van der Waals surface area contributed by atoms with Crippen LogP contribution in [0.5, 0.6) is 0 Å². The summed E-state index contributed by atoms with van der Waals surface area (Å²) >= 11 is 0. The molecule has 1 unspecified atom stereocenters. The number of imidazole rings is 1. The van der Waals surface area contributed by atoms with Gasteiger partial charge in [-0.1, -0.05) is 181 Å². The summed E-state index contributed by atoms with van der Waals surface area (Å²) in [5, 5.41) is 3.79. The lowest BCUT2D eigenvalue weighted by Gasteiger charge is -2.29. The van der Waals surface area contributed by atoms with Gasteiger partial charge in [0.05, 0.1) is 5.69 Å². The van der Waals surface area contributed by atoms with Gasteiger partial charge in [-0.15, -0.1) is 0 Å². The van der Waals surface area contributed by atoms with Gasteiger partial charge in [0.15, 0.2) is 0 Å². The van der Waals surface area contributed by atoms with Crippen LogP contribution in [-0.4, -0.2) is 15.6 Å². The standard InChI is InChI=1S/C45H52N2.C15H18N2.3C2H6/c1-9-11-17-40(14-10-2)41-30-42(46-38(8)24-20-34(4)21-25-39-26-22-36(6)28-37(39)7)32-45(31-41)47(44-19-13-16-35(5)29-44)43-18-12-15-33(3)23-27-43;1-12-16-14-10-6-3-7-11-15(14)17(12)13-8-4-2-5-9-13;3*1-2/h9-11,13-14,16-17,19-24,26-32,38,46H,1-2,12,15,18,25H2,3-8H3;2-4,6,8H,5,7,9-11H2,1H3;3*1-2H3/b17-11-,24-20-,34-21-,40-14+;;;;. The number of hydrogen-bond donors (Lipinski definition) is 1. The van der Waals surface area contributed by atoms with Gasteiger partial charge in [-0.2, -0.15) is 0 Å². The lowest BCUT2D eigenvalue weighted by Crippen LogP contribution is -2.18. The molecule has 1 heterocycles. The molecule has 0 fully saturated rings. The second-order valence-corrected chi connectivity index (χ2v) is 17.5. The molecule has 4 heteroatoms. The van der Waals surface area contributed by atoms with Gasteiger partial charge in [0.1, 0.15) is 5.82 Å². The van der Waals surface area contributed by atoms with Crippen LogP contribution in [0, 0.1) is 27.7 Å². The number of benzene rings is 3. The summed E-state index contributed by atoms with van der Waals surface area (Å²) in [6.07, 6.45) is 42.1. The van der Waals surface area contributed by atoms with Crippen LogP contribution in [0.3, 0.4) is 0 Å². The number of nitrogens with one attached hydrogen (secondary N) is 1. The number of allylic oxidation sites excluding steroid dienone is 19. The molecule has 0 aliphatic heterocycles. The molecule has 372 valence electrons. The third-order valence-corrected chi connectivity index (χ3v) is 12.0. The summed E-state index contributed by atoms with van der Waals surface area (Å²) < 4.78 is 2.38. The Hall–Kier alpha value is -6.39. The summed E-state index contributed by atoms with van der Waals surface area (Å²) in [6.45, 7) is 35.1. The van der Waals surface area contributed by atoms with Crippen molar-refractivity contribution in [3.63, 3.8) is 0 Å². The maximum atomic E-state index is 4.73. The summed E-state index contributed by atoms with van der Waals surface area (Å²) in [7, 11) is 0. The zero-order valence-electron chi connectivity index (χ0n) is 45.6. The first-order chi connectivity index (χ1) is 34.0. The van der Waals surface area contributed by atoms with Gasteiger partial charge in [0, 0.05) is 46.6 Å². The third kappa shape index (κ3) is 17.8. The molecule has 3 aliphatic rings. The molecule has 70 heavy (non-hydrogen) atoms. The number of hydrogen-bond acceptors (Lipinski definition) is 3. The molecule has 0 saturated heterocycles. The van der Waals surface area contributed by atoms with Crippen LogP contribution in [0.2, 0.25) is 0 Å². The van der Waals surface area contributed by atoms with Crippen molar-refractivity contribution in [3.8, 4) is 0 Å². The molecule has 4 nitrogen and oxygen atoms in total. The molecule has 3 aromatic carbocycles. The van der Waals surface area contributed by atoms with Crippen LogP contribution in [0.15, 0.2) is 182 Å². The molecule has 0 saturated carbocycles. The summed E-state index contributed by atoms with van der Waals surface area (Å²) in [6, 6.07) is 22.4. The Morgan fingerprint density at radius 2 is 1.53 bits per heavy atom. The predicted octanol–water partition coefficient (Wildman–Crippen LogP) is 19.1. The molecule has 0 spiro atoms. The minimum atomic E-state index is 0.119. The minimum absolute atomic E-state index is 0.119. The van der Waals surface area contributed by atoms with Crippen molar-refractivity contribution in [1.82, 2.24) is 9.55 Å². The molecule has 0 radical (unpaired) electrons. The highest BCUT2D eigenvalue weighted by Crippen LogP contribution is 2.38. The fraction of sp³-hybridized carbons (Fsp3) is 0.348. The Bertz CT molecular complexity index is 2570. The van der Waals surface area contributed by atoms with E-state index in [4.69, 9.17) is 4.98 Å². The van der Waals surface area contributed by atoms with Gasteiger partial charge in [-0.05, 0) is 170 Å². The second kappa shape index (κ2) is 31.7. The van der Waals surface area contributed by atoms with Crippen molar-refractivity contribution in [2.75, 3.05) is 10.2 Å². The molecule has 4 aromatic rings. The van der Waals surface area contributed by atoms with Crippen molar-refractivity contribution in [3.05, 3.63) is 227 Å². The van der Waals surface area contributed by atoms with E-state index in [0.29, 0.717) is 0 Å². The highest BCUT2D eigenvalue weighted by molar-refractivity contribution is 5.83. The molecule has 0 bridgehead atoms. The maximum Gasteiger partial charge on any atom is 0.110 e. The number of aromatic nitrogens is 2. The Balaban J connectivity index is 0.000000464. The van der Waals surface area contributed by atoms with Crippen LogP contribution in [0.25, 0.3) is 11.3 Å². The first-order valence-corrected chi connectivity index (χ1v) is 26.3. The molecular formula is C66H88N4. The van der Waals surface area contributed by atoms with E-state index in [1.165, 1.54) is 61.9 Å². The SMILES string of the molecule is C=C/C=C\C(=C/C=C)c1cc(NC(C)/C=C\C(C)=C/Cc2ccc(C)cc2C)cc(N(C2=CC=C(C)CCC2)c2cccc(C)c2)c1.CC.CC.CC.Cc1nc2c(n1C1=CC=CCC1)CCC=CC2. The maximum absolute atomic E-state index is 4.73.